The molecule has 1 fully saturated rings. The summed E-state index contributed by atoms with van der Waals surface area (Å²) >= 11 is 5.53. The Labute approximate surface area is 139 Å². The Morgan fingerprint density at radius 2 is 1.90 bits per heavy atom. The number of halogens is 2. The molecule has 1 aromatic rings. The zero-order valence-electron chi connectivity index (χ0n) is 10.7. The molecular formula is C13H14BrIN2O3. The first-order valence-electron chi connectivity index (χ1n) is 6.16. The Morgan fingerprint density at radius 1 is 1.25 bits per heavy atom. The zero-order valence-corrected chi connectivity index (χ0v) is 14.4. The number of carboxylic acids is 1. The lowest BCUT2D eigenvalue weighted by Gasteiger charge is -2.34. The normalized spacial score (nSPS) is 16.2. The maximum absolute atomic E-state index is 12.5. The molecule has 108 valence electrons. The summed E-state index contributed by atoms with van der Waals surface area (Å²) in [6.45, 7) is 2.37. The molecule has 0 radical (unpaired) electrons. The Bertz CT molecular complexity index is 530. The molecule has 5 nitrogen and oxygen atoms in total. The van der Waals surface area contributed by atoms with E-state index >= 15 is 0 Å². The SMILES string of the molecule is O=C(O)CN1CCN(C(=O)c2cc(Br)ccc2I)CC1. The molecule has 1 N–H and O–H groups in total. The van der Waals surface area contributed by atoms with Gasteiger partial charge in [0.25, 0.3) is 5.91 Å². The monoisotopic (exact) mass is 452 g/mol. The van der Waals surface area contributed by atoms with E-state index in [-0.39, 0.29) is 12.5 Å². The Morgan fingerprint density at radius 3 is 2.50 bits per heavy atom. The van der Waals surface area contributed by atoms with E-state index in [0.717, 1.165) is 8.04 Å². The molecule has 20 heavy (non-hydrogen) atoms. The molecule has 1 aliphatic rings. The van der Waals surface area contributed by atoms with Crippen LogP contribution in [0.5, 0.6) is 0 Å². The fourth-order valence-corrected chi connectivity index (χ4v) is 3.06. The van der Waals surface area contributed by atoms with Crippen molar-refractivity contribution in [3.63, 3.8) is 0 Å². The summed E-state index contributed by atoms with van der Waals surface area (Å²) in [6.07, 6.45) is 0. The number of hydrogen-bond donors (Lipinski definition) is 1. The molecule has 0 aromatic heterocycles. The minimum atomic E-state index is -0.827. The van der Waals surface area contributed by atoms with Crippen LogP contribution in [0.15, 0.2) is 22.7 Å². The van der Waals surface area contributed by atoms with Crippen LogP contribution in [0.25, 0.3) is 0 Å². The highest BCUT2D eigenvalue weighted by Crippen LogP contribution is 2.20. The fraction of sp³-hybridized carbons (Fsp3) is 0.385. The molecule has 1 aromatic carbocycles. The molecule has 0 bridgehead atoms. The van der Waals surface area contributed by atoms with Crippen LogP contribution in [-0.2, 0) is 4.79 Å². The maximum Gasteiger partial charge on any atom is 0.317 e. The molecule has 7 heteroatoms. The molecule has 0 saturated carbocycles. The third-order valence-corrected chi connectivity index (χ3v) is 4.61. The van der Waals surface area contributed by atoms with E-state index < -0.39 is 5.97 Å². The lowest BCUT2D eigenvalue weighted by Crippen LogP contribution is -2.50. The minimum Gasteiger partial charge on any atom is -0.480 e. The van der Waals surface area contributed by atoms with Crippen molar-refractivity contribution >= 4 is 50.4 Å². The summed E-state index contributed by atoms with van der Waals surface area (Å²) in [6, 6.07) is 5.63. The molecule has 0 unspecified atom stereocenters. The topological polar surface area (TPSA) is 60.9 Å². The lowest BCUT2D eigenvalue weighted by molar-refractivity contribution is -0.138. The number of amides is 1. The van der Waals surface area contributed by atoms with Gasteiger partial charge in [0.05, 0.1) is 12.1 Å². The van der Waals surface area contributed by atoms with E-state index in [2.05, 4.69) is 38.5 Å². The number of carboxylic acid groups (broad SMARTS) is 1. The van der Waals surface area contributed by atoms with Gasteiger partial charge in [0.15, 0.2) is 0 Å². The van der Waals surface area contributed by atoms with Crippen molar-refractivity contribution in [2.75, 3.05) is 32.7 Å². The molecule has 0 spiro atoms. The van der Waals surface area contributed by atoms with E-state index in [1.165, 1.54) is 0 Å². The second-order valence-electron chi connectivity index (χ2n) is 4.59. The van der Waals surface area contributed by atoms with E-state index in [9.17, 15) is 9.59 Å². The second-order valence-corrected chi connectivity index (χ2v) is 6.66. The number of rotatable bonds is 3. The van der Waals surface area contributed by atoms with Crippen molar-refractivity contribution in [3.8, 4) is 0 Å². The zero-order chi connectivity index (χ0) is 14.7. The third kappa shape index (κ3) is 3.92. The van der Waals surface area contributed by atoms with Gasteiger partial charge in [0.1, 0.15) is 0 Å². The number of hydrogen-bond acceptors (Lipinski definition) is 3. The van der Waals surface area contributed by atoms with E-state index in [0.29, 0.717) is 31.7 Å². The smallest absolute Gasteiger partial charge is 0.317 e. The summed E-state index contributed by atoms with van der Waals surface area (Å²) in [4.78, 5) is 26.8. The fourth-order valence-electron chi connectivity index (χ4n) is 2.13. The van der Waals surface area contributed by atoms with Crippen LogP contribution in [-0.4, -0.2) is 59.5 Å². The molecule has 1 saturated heterocycles. The Balaban J connectivity index is 2.01. The van der Waals surface area contributed by atoms with Crippen LogP contribution in [0.1, 0.15) is 10.4 Å². The third-order valence-electron chi connectivity index (χ3n) is 3.18. The molecule has 0 aliphatic carbocycles. The van der Waals surface area contributed by atoms with E-state index in [1.807, 2.05) is 23.1 Å². The van der Waals surface area contributed by atoms with Gasteiger partial charge in [-0.3, -0.25) is 14.5 Å². The first kappa shape index (κ1) is 15.7. The first-order chi connectivity index (χ1) is 9.47. The summed E-state index contributed by atoms with van der Waals surface area (Å²) in [5, 5.41) is 8.76. The van der Waals surface area contributed by atoms with E-state index in [1.54, 1.807) is 4.90 Å². The number of carbonyl (C=O) groups excluding carboxylic acids is 1. The molecule has 0 atom stereocenters. The highest BCUT2D eigenvalue weighted by Gasteiger charge is 2.24. The van der Waals surface area contributed by atoms with Gasteiger partial charge >= 0.3 is 5.97 Å². The van der Waals surface area contributed by atoms with Crippen molar-refractivity contribution in [2.24, 2.45) is 0 Å². The molecule has 2 rings (SSSR count). The highest BCUT2D eigenvalue weighted by molar-refractivity contribution is 14.1. The summed E-state index contributed by atoms with van der Waals surface area (Å²) < 4.78 is 1.80. The van der Waals surface area contributed by atoms with Gasteiger partial charge in [-0.1, -0.05) is 15.9 Å². The van der Waals surface area contributed by atoms with Crippen molar-refractivity contribution < 1.29 is 14.7 Å². The van der Waals surface area contributed by atoms with Crippen LogP contribution in [0, 0.1) is 3.57 Å². The standard InChI is InChI=1S/C13H14BrIN2O3/c14-9-1-2-11(15)10(7-9)13(20)17-5-3-16(4-6-17)8-12(18)19/h1-2,7H,3-6,8H2,(H,18,19). The van der Waals surface area contributed by atoms with Crippen LogP contribution in [0.4, 0.5) is 0 Å². The molecule has 1 aliphatic heterocycles. The predicted molar refractivity (Wildman–Crippen MR) is 86.8 cm³/mol. The quantitative estimate of drug-likeness (QED) is 0.711. The lowest BCUT2D eigenvalue weighted by atomic mass is 10.2. The summed E-state index contributed by atoms with van der Waals surface area (Å²) in [5.74, 6) is -0.822. The second kappa shape index (κ2) is 6.86. The number of benzene rings is 1. The van der Waals surface area contributed by atoms with Gasteiger partial charge in [-0.2, -0.15) is 0 Å². The largest absolute Gasteiger partial charge is 0.480 e. The summed E-state index contributed by atoms with van der Waals surface area (Å²) in [5.41, 5.74) is 0.687. The van der Waals surface area contributed by atoms with Crippen LogP contribution >= 0.6 is 38.5 Å². The molecule has 1 heterocycles. The van der Waals surface area contributed by atoms with Gasteiger partial charge in [0, 0.05) is 34.2 Å². The highest BCUT2D eigenvalue weighted by atomic mass is 127. The average Bonchev–Trinajstić information content (AvgIpc) is 2.41. The Kier molecular flexibility index (Phi) is 5.39. The maximum atomic E-state index is 12.5. The van der Waals surface area contributed by atoms with Gasteiger partial charge < -0.3 is 10.0 Å². The minimum absolute atomic E-state index is 0.00525. The van der Waals surface area contributed by atoms with Crippen molar-refractivity contribution in [1.29, 1.82) is 0 Å². The van der Waals surface area contributed by atoms with Crippen LogP contribution in [0.3, 0.4) is 0 Å². The number of carbonyl (C=O) groups is 2. The summed E-state index contributed by atoms with van der Waals surface area (Å²) in [7, 11) is 0. The number of nitrogens with zero attached hydrogens (tertiary/aromatic N) is 2. The average molecular weight is 453 g/mol. The molecule has 1 amide bonds. The number of aliphatic carboxylic acids is 1. The van der Waals surface area contributed by atoms with Crippen molar-refractivity contribution in [2.45, 2.75) is 0 Å². The van der Waals surface area contributed by atoms with Gasteiger partial charge in [-0.25, -0.2) is 0 Å². The van der Waals surface area contributed by atoms with Gasteiger partial charge in [0.2, 0.25) is 0 Å². The van der Waals surface area contributed by atoms with Crippen molar-refractivity contribution in [3.05, 3.63) is 31.8 Å². The van der Waals surface area contributed by atoms with Crippen LogP contribution in [0.2, 0.25) is 0 Å². The first-order valence-corrected chi connectivity index (χ1v) is 8.03. The van der Waals surface area contributed by atoms with Gasteiger partial charge in [-0.15, -0.1) is 0 Å². The van der Waals surface area contributed by atoms with Crippen molar-refractivity contribution in [1.82, 2.24) is 9.80 Å². The molecular weight excluding hydrogens is 439 g/mol. The Hall–Kier alpha value is -0.670. The number of piperazine rings is 1. The van der Waals surface area contributed by atoms with Gasteiger partial charge in [-0.05, 0) is 40.8 Å². The van der Waals surface area contributed by atoms with Crippen LogP contribution < -0.4 is 0 Å². The predicted octanol–water partition coefficient (Wildman–Crippen LogP) is 1.90. The van der Waals surface area contributed by atoms with E-state index in [4.69, 9.17) is 5.11 Å².